The minimum atomic E-state index is -3.58. The van der Waals surface area contributed by atoms with Crippen LogP contribution in [-0.2, 0) is 19.7 Å². The van der Waals surface area contributed by atoms with Crippen LogP contribution in [-0.4, -0.2) is 24.9 Å². The first-order chi connectivity index (χ1) is 22.6. The van der Waals surface area contributed by atoms with Crippen LogP contribution >= 0.6 is 0 Å². The quantitative estimate of drug-likeness (QED) is 0.184. The van der Waals surface area contributed by atoms with E-state index in [1.807, 2.05) is 48.5 Å². The van der Waals surface area contributed by atoms with Gasteiger partial charge in [-0.1, -0.05) is 139 Å². The zero-order valence-corrected chi connectivity index (χ0v) is 28.9. The summed E-state index contributed by atoms with van der Waals surface area (Å²) in [6.07, 6.45) is 5.59. The van der Waals surface area contributed by atoms with Gasteiger partial charge >= 0.3 is 0 Å². The third-order valence-corrected chi connectivity index (χ3v) is 17.6. The molecule has 2 aliphatic heterocycles. The molecule has 5 aromatic carbocycles. The Morgan fingerprint density at radius 3 is 1.40 bits per heavy atom. The fourth-order valence-corrected chi connectivity index (χ4v) is 13.6. The first kappa shape index (κ1) is 30.1. The van der Waals surface area contributed by atoms with Gasteiger partial charge in [-0.15, -0.1) is 0 Å². The molecule has 8 rings (SSSR count). The highest BCUT2D eigenvalue weighted by atomic mass is 32.2. The van der Waals surface area contributed by atoms with Crippen molar-refractivity contribution in [3.05, 3.63) is 172 Å². The molecule has 0 aromatic heterocycles. The highest BCUT2D eigenvalue weighted by Crippen LogP contribution is 2.48. The molecule has 0 amide bonds. The van der Waals surface area contributed by atoms with Crippen LogP contribution in [0.5, 0.6) is 0 Å². The smallest absolute Gasteiger partial charge is 0.207 e. The number of hydrogen-bond acceptors (Lipinski definition) is 4. The van der Waals surface area contributed by atoms with Gasteiger partial charge in [0.2, 0.25) is 19.7 Å². The van der Waals surface area contributed by atoms with Crippen LogP contribution in [0.4, 0.5) is 0 Å². The van der Waals surface area contributed by atoms with Gasteiger partial charge in [-0.2, -0.15) is 0 Å². The zero-order chi connectivity index (χ0) is 32.6. The Labute approximate surface area is 278 Å². The molecule has 3 aliphatic rings. The number of rotatable bonds is 4. The first-order valence-electron chi connectivity index (χ1n) is 16.0. The van der Waals surface area contributed by atoms with Crippen molar-refractivity contribution in [3.63, 3.8) is 0 Å². The van der Waals surface area contributed by atoms with Crippen molar-refractivity contribution in [2.75, 3.05) is 0 Å². The monoisotopic (exact) mass is 670 g/mol. The van der Waals surface area contributed by atoms with E-state index in [9.17, 15) is 16.8 Å². The number of benzene rings is 5. The Balaban J connectivity index is 1.14. The summed E-state index contributed by atoms with van der Waals surface area (Å²) in [5.41, 5.74) is 5.53. The van der Waals surface area contributed by atoms with Crippen molar-refractivity contribution >= 4 is 38.1 Å². The molecule has 0 spiro atoms. The van der Waals surface area contributed by atoms with Crippen molar-refractivity contribution in [2.24, 2.45) is 0 Å². The molecule has 4 nitrogen and oxygen atoms in total. The lowest BCUT2D eigenvalue weighted by Crippen LogP contribution is -2.52. The zero-order valence-electron chi connectivity index (χ0n) is 26.2. The van der Waals surface area contributed by atoms with E-state index in [4.69, 9.17) is 0 Å². The normalized spacial score (nSPS) is 19.3. The maximum atomic E-state index is 13.5. The van der Waals surface area contributed by atoms with Crippen molar-refractivity contribution < 1.29 is 16.8 Å². The summed E-state index contributed by atoms with van der Waals surface area (Å²) in [4.78, 5) is 1.64. The van der Waals surface area contributed by atoms with Gasteiger partial charge in [0.05, 0.1) is 19.6 Å². The number of allylic oxidation sites excluding steroid dienone is 3. The summed E-state index contributed by atoms with van der Waals surface area (Å²) in [6.45, 7) is 4.70. The van der Waals surface area contributed by atoms with E-state index in [1.165, 1.54) is 10.4 Å². The van der Waals surface area contributed by atoms with E-state index >= 15 is 0 Å². The van der Waals surface area contributed by atoms with Crippen molar-refractivity contribution in [1.82, 2.24) is 0 Å². The predicted octanol–water partition coefficient (Wildman–Crippen LogP) is 7.36. The Kier molecular flexibility index (Phi) is 6.95. The van der Waals surface area contributed by atoms with Gasteiger partial charge in [-0.25, -0.2) is 16.8 Å². The van der Waals surface area contributed by atoms with Crippen molar-refractivity contribution in [1.29, 1.82) is 0 Å². The minimum absolute atomic E-state index is 0.121. The summed E-state index contributed by atoms with van der Waals surface area (Å²) in [6, 6.07) is 39.7. The number of fused-ring (bicyclic) bond motifs is 4. The molecule has 0 fully saturated rings. The SMILES string of the molecule is C[Si](C)(c1ccc(C2C3=CCCC=C3S(=O)(=O)c3ccccc32)cc1)c1ccc(C2c3ccccc3S(=O)(=O)c3ccccc32)cc1. The third kappa shape index (κ3) is 4.59. The molecule has 1 atom stereocenters. The van der Waals surface area contributed by atoms with Gasteiger partial charge < -0.3 is 0 Å². The van der Waals surface area contributed by atoms with Crippen LogP contribution in [0, 0.1) is 0 Å². The van der Waals surface area contributed by atoms with Gasteiger partial charge in [-0.05, 0) is 64.4 Å². The van der Waals surface area contributed by atoms with E-state index < -0.39 is 27.7 Å². The molecule has 234 valence electrons. The van der Waals surface area contributed by atoms with E-state index in [0.717, 1.165) is 46.2 Å². The molecule has 47 heavy (non-hydrogen) atoms. The molecular formula is C40H34O4S2Si. The molecule has 0 radical (unpaired) electrons. The van der Waals surface area contributed by atoms with E-state index in [1.54, 1.807) is 30.3 Å². The maximum absolute atomic E-state index is 13.5. The topological polar surface area (TPSA) is 68.3 Å². The Bertz CT molecular complexity index is 2300. The van der Waals surface area contributed by atoms with Crippen LogP contribution < -0.4 is 10.4 Å². The van der Waals surface area contributed by atoms with Crippen LogP contribution in [0.3, 0.4) is 0 Å². The average Bonchev–Trinajstić information content (AvgIpc) is 3.09. The first-order valence-corrected chi connectivity index (χ1v) is 22.0. The largest absolute Gasteiger partial charge is 0.219 e. The lowest BCUT2D eigenvalue weighted by molar-refractivity contribution is 0.589. The van der Waals surface area contributed by atoms with Crippen molar-refractivity contribution in [3.8, 4) is 0 Å². The van der Waals surface area contributed by atoms with Crippen LogP contribution in [0.15, 0.2) is 159 Å². The summed E-state index contributed by atoms with van der Waals surface area (Å²) >= 11 is 0. The lowest BCUT2D eigenvalue weighted by Gasteiger charge is -2.33. The molecule has 0 N–H and O–H groups in total. The predicted molar refractivity (Wildman–Crippen MR) is 190 cm³/mol. The second-order valence-electron chi connectivity index (χ2n) is 13.2. The second kappa shape index (κ2) is 10.9. The Morgan fingerprint density at radius 1 is 0.489 bits per heavy atom. The number of sulfone groups is 2. The highest BCUT2D eigenvalue weighted by Gasteiger charge is 2.40. The molecule has 0 saturated carbocycles. The minimum Gasteiger partial charge on any atom is -0.219 e. The lowest BCUT2D eigenvalue weighted by atomic mass is 9.82. The van der Waals surface area contributed by atoms with E-state index in [-0.39, 0.29) is 11.8 Å². The van der Waals surface area contributed by atoms with Gasteiger partial charge in [0, 0.05) is 11.8 Å². The second-order valence-corrected chi connectivity index (χ2v) is 21.3. The van der Waals surface area contributed by atoms with Gasteiger partial charge in [0.25, 0.3) is 0 Å². The highest BCUT2D eigenvalue weighted by molar-refractivity contribution is 7.95. The fraction of sp³-hybridized carbons (Fsp3) is 0.150. The average molecular weight is 671 g/mol. The van der Waals surface area contributed by atoms with Gasteiger partial charge in [0.15, 0.2) is 0 Å². The summed E-state index contributed by atoms with van der Waals surface area (Å²) in [5.74, 6) is -0.288. The van der Waals surface area contributed by atoms with Crippen LogP contribution in [0.2, 0.25) is 13.1 Å². The molecule has 1 aliphatic carbocycles. The van der Waals surface area contributed by atoms with Crippen molar-refractivity contribution in [2.45, 2.75) is 52.5 Å². The Morgan fingerprint density at radius 2 is 0.894 bits per heavy atom. The van der Waals surface area contributed by atoms with Gasteiger partial charge in [-0.3, -0.25) is 0 Å². The van der Waals surface area contributed by atoms with Crippen LogP contribution in [0.1, 0.15) is 52.5 Å². The van der Waals surface area contributed by atoms with Gasteiger partial charge in [0.1, 0.15) is 8.07 Å². The molecule has 5 aromatic rings. The standard InChI is InChI=1S/C40H34O4S2Si/c1-47(2,29-23-19-27(20-24-29)39-31-11-3-7-15-35(31)45(41,42)36-16-8-4-12-32(36)39)30-25-21-28(22-26-30)40-33-13-5-9-17-37(33)46(43,44)38-18-10-6-14-34(38)40/h3-5,7-9,11-26,39-40H,6,10H2,1-2H3. The summed E-state index contributed by atoms with van der Waals surface area (Å²) in [5, 5.41) is 2.58. The number of hydrogen-bond donors (Lipinski definition) is 0. The van der Waals surface area contributed by atoms with E-state index in [2.05, 4.69) is 67.7 Å². The molecule has 2 heterocycles. The molecular weight excluding hydrogens is 637 g/mol. The third-order valence-electron chi connectivity index (χ3n) is 10.2. The molecule has 0 saturated heterocycles. The molecule has 1 unspecified atom stereocenters. The maximum Gasteiger partial charge on any atom is 0.207 e. The molecule has 0 bridgehead atoms. The molecule has 7 heteroatoms. The fourth-order valence-electron chi connectivity index (χ4n) is 7.73. The summed E-state index contributed by atoms with van der Waals surface area (Å²) < 4.78 is 53.9. The van der Waals surface area contributed by atoms with Crippen LogP contribution in [0.25, 0.3) is 0 Å². The Hall–Kier alpha value is -4.30. The van der Waals surface area contributed by atoms with E-state index in [0.29, 0.717) is 19.6 Å². The summed E-state index contributed by atoms with van der Waals surface area (Å²) in [7, 11) is -9.23.